The maximum absolute atomic E-state index is 16.7. The lowest BCUT2D eigenvalue weighted by atomic mass is 9.95. The summed E-state index contributed by atoms with van der Waals surface area (Å²) in [7, 11) is 1.82. The number of aromatic nitrogens is 3. The Bertz CT molecular complexity index is 1660. The van der Waals surface area contributed by atoms with Crippen molar-refractivity contribution in [3.63, 3.8) is 0 Å². The van der Waals surface area contributed by atoms with Crippen molar-refractivity contribution in [1.82, 2.24) is 25.2 Å². The summed E-state index contributed by atoms with van der Waals surface area (Å²) < 4.78 is 86.2. The zero-order chi connectivity index (χ0) is 31.7. The van der Waals surface area contributed by atoms with E-state index in [0.717, 1.165) is 44.4 Å². The first-order chi connectivity index (χ1) is 21.4. The summed E-state index contributed by atoms with van der Waals surface area (Å²) in [5, 5.41) is 2.59. The Hall–Kier alpha value is -3.23. The van der Waals surface area contributed by atoms with Crippen LogP contribution in [0.25, 0.3) is 22.2 Å². The molecule has 4 aliphatic rings. The van der Waals surface area contributed by atoms with Crippen LogP contribution in [0.3, 0.4) is 0 Å². The number of hydrogen-bond acceptors (Lipinski definition) is 9. The van der Waals surface area contributed by atoms with Crippen molar-refractivity contribution in [2.45, 2.75) is 62.0 Å². The number of rotatable bonds is 7. The molecule has 0 amide bonds. The molecule has 3 N–H and O–H groups in total. The highest BCUT2D eigenvalue weighted by atomic mass is 35.5. The Morgan fingerprint density at radius 1 is 1.18 bits per heavy atom. The highest BCUT2D eigenvalue weighted by Gasteiger charge is 2.51. The first-order valence-electron chi connectivity index (χ1n) is 15.1. The lowest BCUT2D eigenvalue weighted by molar-refractivity contribution is -0.137. The van der Waals surface area contributed by atoms with Gasteiger partial charge in [-0.15, -0.1) is 0 Å². The Morgan fingerprint density at radius 3 is 2.71 bits per heavy atom. The molecule has 7 rings (SSSR count). The largest absolute Gasteiger partial charge is 0.477 e. The lowest BCUT2D eigenvalue weighted by Crippen LogP contribution is -2.44. The third-order valence-electron chi connectivity index (χ3n) is 9.64. The fourth-order valence-electron chi connectivity index (χ4n) is 7.32. The Balaban J connectivity index is 1.43. The normalized spacial score (nSPS) is 24.1. The highest BCUT2D eigenvalue weighted by molar-refractivity contribution is 6.32. The quantitative estimate of drug-likeness (QED) is 0.257. The molecule has 2 saturated heterocycles. The predicted molar refractivity (Wildman–Crippen MR) is 159 cm³/mol. The van der Waals surface area contributed by atoms with Gasteiger partial charge in [0.15, 0.2) is 5.82 Å². The van der Waals surface area contributed by atoms with Gasteiger partial charge in [0.1, 0.15) is 35.2 Å². The Kier molecular flexibility index (Phi) is 7.40. The number of likely N-dealkylation sites (N-methyl/N-ethyl adjacent to an activating group) is 1. The highest BCUT2D eigenvalue weighted by Crippen LogP contribution is 2.52. The van der Waals surface area contributed by atoms with Gasteiger partial charge in [0.2, 0.25) is 5.88 Å². The molecule has 3 fully saturated rings. The molecule has 1 saturated carbocycles. The molecule has 3 aliphatic heterocycles. The lowest BCUT2D eigenvalue weighted by Gasteiger charge is -2.36. The predicted octanol–water partition coefficient (Wildman–Crippen LogP) is 5.38. The number of nitrogen functional groups attached to an aromatic ring is 1. The molecule has 2 aromatic heterocycles. The van der Waals surface area contributed by atoms with Crippen molar-refractivity contribution in [3.05, 3.63) is 28.5 Å². The fraction of sp³-hybridized carbons (Fsp3) is 0.567. The van der Waals surface area contributed by atoms with Crippen molar-refractivity contribution in [2.24, 2.45) is 0 Å². The minimum Gasteiger partial charge on any atom is -0.477 e. The van der Waals surface area contributed by atoms with Crippen LogP contribution in [-0.2, 0) is 6.18 Å². The van der Waals surface area contributed by atoms with Crippen molar-refractivity contribution < 1.29 is 31.4 Å². The van der Waals surface area contributed by atoms with E-state index in [9.17, 15) is 17.6 Å². The molecular formula is C30H33ClF5N7O2. The molecule has 1 aliphatic carbocycles. The number of benzene rings is 1. The van der Waals surface area contributed by atoms with E-state index >= 15 is 4.39 Å². The number of anilines is 2. The van der Waals surface area contributed by atoms with Gasteiger partial charge in [-0.3, -0.25) is 4.90 Å². The van der Waals surface area contributed by atoms with Crippen LogP contribution in [-0.4, -0.2) is 83.5 Å². The van der Waals surface area contributed by atoms with E-state index < -0.39 is 45.5 Å². The van der Waals surface area contributed by atoms with Crippen LogP contribution >= 0.6 is 11.6 Å². The third kappa shape index (κ3) is 5.18. The number of pyridine rings is 1. The van der Waals surface area contributed by atoms with E-state index in [1.807, 2.05) is 7.05 Å². The molecule has 9 nitrogen and oxygen atoms in total. The number of nitrogens with zero attached hydrogens (tertiary/aromatic N) is 5. The topological polar surface area (TPSA) is 102 Å². The van der Waals surface area contributed by atoms with Crippen molar-refractivity contribution in [1.29, 1.82) is 0 Å². The van der Waals surface area contributed by atoms with Crippen LogP contribution < -0.4 is 25.4 Å². The number of alkyl halides is 4. The van der Waals surface area contributed by atoms with Crippen molar-refractivity contribution >= 4 is 34.0 Å². The van der Waals surface area contributed by atoms with Crippen LogP contribution in [0.5, 0.6) is 11.9 Å². The molecule has 1 aromatic carbocycles. The molecule has 242 valence electrons. The number of fused-ring (bicyclic) bond motifs is 1. The van der Waals surface area contributed by atoms with Gasteiger partial charge in [-0.05, 0) is 51.4 Å². The van der Waals surface area contributed by atoms with Gasteiger partial charge < -0.3 is 25.4 Å². The van der Waals surface area contributed by atoms with Gasteiger partial charge in [0, 0.05) is 49.3 Å². The molecule has 0 unspecified atom stereocenters. The summed E-state index contributed by atoms with van der Waals surface area (Å²) >= 11 is 6.02. The zero-order valence-electron chi connectivity index (χ0n) is 24.6. The second-order valence-electron chi connectivity index (χ2n) is 12.5. The minimum atomic E-state index is -4.94. The molecule has 3 aromatic rings. The molecule has 5 heterocycles. The number of nitrogens with two attached hydrogens (primary N) is 1. The maximum Gasteiger partial charge on any atom is 0.418 e. The minimum absolute atomic E-state index is 0.0893. The van der Waals surface area contributed by atoms with Gasteiger partial charge in [0.05, 0.1) is 22.7 Å². The van der Waals surface area contributed by atoms with E-state index in [-0.39, 0.29) is 47.2 Å². The average Bonchev–Trinajstić information content (AvgIpc) is 3.54. The first kappa shape index (κ1) is 30.4. The van der Waals surface area contributed by atoms with Gasteiger partial charge in [-0.2, -0.15) is 23.1 Å². The number of hydrogen-bond donors (Lipinski definition) is 2. The van der Waals surface area contributed by atoms with E-state index in [0.29, 0.717) is 38.3 Å². The zero-order valence-corrected chi connectivity index (χ0v) is 25.4. The van der Waals surface area contributed by atoms with E-state index in [2.05, 4.69) is 25.1 Å². The SMILES string of the molecule is CNCCN1c2nc(OC[C@@]34CCCN3C[C@H](F)C4)nc3c(F)c(-c4cc(N)cc(Cl)c4C(F)(F)F)nc(c23)OCCC12CC2. The summed E-state index contributed by atoms with van der Waals surface area (Å²) in [6.45, 7) is 2.46. The van der Waals surface area contributed by atoms with Crippen LogP contribution in [0, 0.1) is 5.82 Å². The van der Waals surface area contributed by atoms with Gasteiger partial charge >= 0.3 is 12.2 Å². The van der Waals surface area contributed by atoms with E-state index in [1.165, 1.54) is 0 Å². The maximum atomic E-state index is 16.7. The Labute approximate surface area is 261 Å². The van der Waals surface area contributed by atoms with Crippen LogP contribution in [0.1, 0.15) is 44.1 Å². The molecular weight excluding hydrogens is 621 g/mol. The number of halogens is 6. The third-order valence-corrected chi connectivity index (χ3v) is 9.94. The van der Waals surface area contributed by atoms with E-state index in [1.54, 1.807) is 0 Å². The summed E-state index contributed by atoms with van der Waals surface area (Å²) in [5.74, 6) is -0.897. The Morgan fingerprint density at radius 2 is 1.98 bits per heavy atom. The van der Waals surface area contributed by atoms with Crippen molar-refractivity contribution in [3.8, 4) is 23.1 Å². The summed E-state index contributed by atoms with van der Waals surface area (Å²) in [5.41, 5.74) is 2.09. The van der Waals surface area contributed by atoms with Crippen LogP contribution in [0.2, 0.25) is 5.02 Å². The average molecular weight is 654 g/mol. The van der Waals surface area contributed by atoms with E-state index in [4.69, 9.17) is 31.8 Å². The molecule has 0 bridgehead atoms. The second kappa shape index (κ2) is 10.9. The molecule has 15 heteroatoms. The number of nitrogens with one attached hydrogen (secondary N) is 1. The monoisotopic (exact) mass is 653 g/mol. The van der Waals surface area contributed by atoms with Gasteiger partial charge in [0.25, 0.3) is 0 Å². The summed E-state index contributed by atoms with van der Waals surface area (Å²) in [4.78, 5) is 17.7. The second-order valence-corrected chi connectivity index (χ2v) is 12.9. The number of ether oxygens (including phenoxy) is 2. The molecule has 0 radical (unpaired) electrons. The van der Waals surface area contributed by atoms with Gasteiger partial charge in [-0.25, -0.2) is 13.8 Å². The standard InChI is InChI=1S/C30H33ClF5N7O2/c1-38-7-9-43-25-20-24(40-27(41-25)45-15-29-3-2-8-42(29)14-16(32)13-29)22(33)23(39-26(20)44-10-6-28(43)4-5-28)18-11-17(37)12-19(31)21(18)30(34,35)36/h11-12,16,38H,2-10,13-15,37H2,1H3/t16-,29+/m1/s1. The van der Waals surface area contributed by atoms with Gasteiger partial charge in [-0.1, -0.05) is 11.6 Å². The summed E-state index contributed by atoms with van der Waals surface area (Å²) in [6.07, 6.45) is -1.66. The smallest absolute Gasteiger partial charge is 0.418 e. The molecule has 2 atom stereocenters. The van der Waals surface area contributed by atoms with Crippen LogP contribution in [0.15, 0.2) is 12.1 Å². The van der Waals surface area contributed by atoms with Crippen LogP contribution in [0.4, 0.5) is 33.5 Å². The first-order valence-corrected chi connectivity index (χ1v) is 15.5. The van der Waals surface area contributed by atoms with Crippen molar-refractivity contribution in [2.75, 3.05) is 57.1 Å². The summed E-state index contributed by atoms with van der Waals surface area (Å²) in [6, 6.07) is 1.79. The molecule has 1 spiro atoms. The fourth-order valence-corrected chi connectivity index (χ4v) is 7.66. The molecule has 45 heavy (non-hydrogen) atoms.